The lowest BCUT2D eigenvalue weighted by Gasteiger charge is -2.23. The summed E-state index contributed by atoms with van der Waals surface area (Å²) in [6.45, 7) is 2.67. The zero-order valence-electron chi connectivity index (χ0n) is 12.6. The van der Waals surface area contributed by atoms with Gasteiger partial charge in [0.1, 0.15) is 18.0 Å². The number of ether oxygens (including phenoxy) is 1. The number of carboxylic acids is 1. The fourth-order valence-corrected chi connectivity index (χ4v) is 2.48. The van der Waals surface area contributed by atoms with Gasteiger partial charge in [-0.05, 0) is 31.0 Å². The van der Waals surface area contributed by atoms with E-state index >= 15 is 0 Å². The minimum absolute atomic E-state index is 0.0375. The number of aliphatic carboxylic acids is 1. The molecule has 1 aliphatic rings. The highest BCUT2D eigenvalue weighted by Gasteiger charge is 2.38. The lowest BCUT2D eigenvalue weighted by molar-refractivity contribution is -0.140. The first-order valence-corrected chi connectivity index (χ1v) is 7.29. The zero-order chi connectivity index (χ0) is 16.2. The lowest BCUT2D eigenvalue weighted by atomic mass is 10.1. The van der Waals surface area contributed by atoms with Crippen LogP contribution in [0.15, 0.2) is 24.3 Å². The number of likely N-dealkylation sites (tertiary alicyclic amines) is 1. The third-order valence-electron chi connectivity index (χ3n) is 3.73. The van der Waals surface area contributed by atoms with Gasteiger partial charge in [-0.25, -0.2) is 0 Å². The van der Waals surface area contributed by atoms with Gasteiger partial charge in [-0.3, -0.25) is 9.59 Å². The van der Waals surface area contributed by atoms with E-state index in [4.69, 9.17) is 9.84 Å². The summed E-state index contributed by atoms with van der Waals surface area (Å²) in [6, 6.07) is 7.54. The predicted molar refractivity (Wildman–Crippen MR) is 79.7 cm³/mol. The molecule has 0 unspecified atom stereocenters. The summed E-state index contributed by atoms with van der Waals surface area (Å²) >= 11 is 0. The van der Waals surface area contributed by atoms with Gasteiger partial charge in [0.2, 0.25) is 5.91 Å². The number of nitrogens with zero attached hydrogens (tertiary/aromatic N) is 1. The third-order valence-corrected chi connectivity index (χ3v) is 3.73. The number of rotatable bonds is 6. The number of carbonyl (C=O) groups excluding carboxylic acids is 1. The van der Waals surface area contributed by atoms with Crippen molar-refractivity contribution in [3.63, 3.8) is 0 Å². The van der Waals surface area contributed by atoms with Crippen LogP contribution in [-0.4, -0.2) is 52.3 Å². The molecule has 0 radical (unpaired) electrons. The Balaban J connectivity index is 1.85. The van der Waals surface area contributed by atoms with E-state index in [1.54, 1.807) is 0 Å². The molecule has 1 aliphatic heterocycles. The Morgan fingerprint density at radius 2 is 2.14 bits per heavy atom. The van der Waals surface area contributed by atoms with Crippen molar-refractivity contribution in [3.05, 3.63) is 29.8 Å². The highest BCUT2D eigenvalue weighted by atomic mass is 16.5. The van der Waals surface area contributed by atoms with Crippen LogP contribution in [0.3, 0.4) is 0 Å². The van der Waals surface area contributed by atoms with Crippen molar-refractivity contribution in [2.75, 3.05) is 19.7 Å². The van der Waals surface area contributed by atoms with Crippen molar-refractivity contribution < 1.29 is 24.5 Å². The number of β-amino-alcohol motifs (C(OH)–C–C–N with tert-alkyl or cyclic N) is 1. The molecule has 1 atom stereocenters. The molecule has 1 fully saturated rings. The minimum Gasteiger partial charge on any atom is -0.491 e. The van der Waals surface area contributed by atoms with Crippen LogP contribution in [0.25, 0.3) is 0 Å². The standard InChI is InChI=1S/C16H21NO5/c1-12-3-2-4-13(9-12)22-11-16(21)7-8-17(10-16)14(18)5-6-15(19)20/h2-4,9,21H,5-8,10-11H2,1H3,(H,19,20)/t16-/m0/s1. The Morgan fingerprint density at radius 3 is 2.82 bits per heavy atom. The van der Waals surface area contributed by atoms with Crippen LogP contribution < -0.4 is 4.74 Å². The largest absolute Gasteiger partial charge is 0.491 e. The van der Waals surface area contributed by atoms with E-state index in [1.807, 2.05) is 31.2 Å². The molecule has 1 saturated heterocycles. The molecule has 2 N–H and O–H groups in total. The molecule has 22 heavy (non-hydrogen) atoms. The average Bonchev–Trinajstić information content (AvgIpc) is 2.86. The van der Waals surface area contributed by atoms with Crippen molar-refractivity contribution in [1.82, 2.24) is 4.90 Å². The zero-order valence-corrected chi connectivity index (χ0v) is 12.6. The summed E-state index contributed by atoms with van der Waals surface area (Å²) in [7, 11) is 0. The second-order valence-electron chi connectivity index (χ2n) is 5.79. The van der Waals surface area contributed by atoms with E-state index in [2.05, 4.69) is 0 Å². The molecule has 0 aliphatic carbocycles. The van der Waals surface area contributed by atoms with E-state index in [0.717, 1.165) is 5.56 Å². The van der Waals surface area contributed by atoms with Gasteiger partial charge in [-0.2, -0.15) is 0 Å². The monoisotopic (exact) mass is 307 g/mol. The maximum Gasteiger partial charge on any atom is 0.303 e. The van der Waals surface area contributed by atoms with Crippen LogP contribution in [0.4, 0.5) is 0 Å². The molecule has 1 amide bonds. The van der Waals surface area contributed by atoms with E-state index in [1.165, 1.54) is 4.90 Å². The number of amides is 1. The summed E-state index contributed by atoms with van der Waals surface area (Å²) in [5.41, 5.74) is -0.01000. The fraction of sp³-hybridized carbons (Fsp3) is 0.500. The van der Waals surface area contributed by atoms with Crippen molar-refractivity contribution >= 4 is 11.9 Å². The predicted octanol–water partition coefficient (Wildman–Crippen LogP) is 1.20. The third kappa shape index (κ3) is 4.46. The Morgan fingerprint density at radius 1 is 1.36 bits per heavy atom. The molecule has 120 valence electrons. The van der Waals surface area contributed by atoms with Crippen molar-refractivity contribution in [2.45, 2.75) is 31.8 Å². The summed E-state index contributed by atoms with van der Waals surface area (Å²) in [5.74, 6) is -0.552. The number of hydrogen-bond acceptors (Lipinski definition) is 4. The van der Waals surface area contributed by atoms with E-state index in [-0.39, 0.29) is 31.9 Å². The molecular formula is C16H21NO5. The second kappa shape index (κ2) is 6.79. The Bertz CT molecular complexity index is 559. The average molecular weight is 307 g/mol. The fourth-order valence-electron chi connectivity index (χ4n) is 2.48. The van der Waals surface area contributed by atoms with Crippen LogP contribution >= 0.6 is 0 Å². The molecule has 6 heteroatoms. The number of aryl methyl sites for hydroxylation is 1. The maximum atomic E-state index is 11.9. The molecule has 6 nitrogen and oxygen atoms in total. The topological polar surface area (TPSA) is 87.1 Å². The second-order valence-corrected chi connectivity index (χ2v) is 5.79. The number of hydrogen-bond donors (Lipinski definition) is 2. The Hall–Kier alpha value is -2.08. The van der Waals surface area contributed by atoms with E-state index in [9.17, 15) is 14.7 Å². The first-order chi connectivity index (χ1) is 10.4. The van der Waals surface area contributed by atoms with Gasteiger partial charge in [0, 0.05) is 13.0 Å². The molecule has 1 heterocycles. The number of benzene rings is 1. The first-order valence-electron chi connectivity index (χ1n) is 7.29. The molecule has 1 aromatic carbocycles. The van der Waals surface area contributed by atoms with Crippen LogP contribution in [0.2, 0.25) is 0 Å². The highest BCUT2D eigenvalue weighted by Crippen LogP contribution is 2.24. The number of aliphatic hydroxyl groups is 1. The molecule has 2 rings (SSSR count). The van der Waals surface area contributed by atoms with Gasteiger partial charge in [0.05, 0.1) is 13.0 Å². The Labute approximate surface area is 129 Å². The molecule has 0 saturated carbocycles. The minimum atomic E-state index is -1.08. The van der Waals surface area contributed by atoms with Gasteiger partial charge in [-0.15, -0.1) is 0 Å². The van der Waals surface area contributed by atoms with Gasteiger partial charge < -0.3 is 19.8 Å². The molecule has 0 aromatic heterocycles. The van der Waals surface area contributed by atoms with Crippen molar-refractivity contribution in [3.8, 4) is 5.75 Å². The molecular weight excluding hydrogens is 286 g/mol. The van der Waals surface area contributed by atoms with E-state index < -0.39 is 11.6 Å². The molecule has 0 spiro atoms. The van der Waals surface area contributed by atoms with Crippen molar-refractivity contribution in [2.24, 2.45) is 0 Å². The summed E-state index contributed by atoms with van der Waals surface area (Å²) < 4.78 is 5.62. The lowest BCUT2D eigenvalue weighted by Crippen LogP contribution is -2.40. The smallest absolute Gasteiger partial charge is 0.303 e. The van der Waals surface area contributed by atoms with Crippen LogP contribution in [0.1, 0.15) is 24.8 Å². The van der Waals surface area contributed by atoms with Crippen LogP contribution in [0, 0.1) is 6.92 Å². The maximum absolute atomic E-state index is 11.9. The van der Waals surface area contributed by atoms with Crippen LogP contribution in [-0.2, 0) is 9.59 Å². The summed E-state index contributed by atoms with van der Waals surface area (Å²) in [5, 5.41) is 19.1. The van der Waals surface area contributed by atoms with Gasteiger partial charge >= 0.3 is 5.97 Å². The summed E-state index contributed by atoms with van der Waals surface area (Å²) in [6.07, 6.45) is 0.204. The normalized spacial score (nSPS) is 20.9. The molecule has 0 bridgehead atoms. The number of carbonyl (C=O) groups is 2. The quantitative estimate of drug-likeness (QED) is 0.824. The van der Waals surface area contributed by atoms with Gasteiger partial charge in [-0.1, -0.05) is 12.1 Å². The van der Waals surface area contributed by atoms with E-state index in [0.29, 0.717) is 18.7 Å². The summed E-state index contributed by atoms with van der Waals surface area (Å²) in [4.78, 5) is 23.9. The van der Waals surface area contributed by atoms with Crippen LogP contribution in [0.5, 0.6) is 5.75 Å². The van der Waals surface area contributed by atoms with Crippen molar-refractivity contribution in [1.29, 1.82) is 0 Å². The SMILES string of the molecule is Cc1cccc(OC[C@]2(O)CCN(C(=O)CCC(=O)O)C2)c1. The van der Waals surface area contributed by atoms with Gasteiger partial charge in [0.15, 0.2) is 0 Å². The number of carboxylic acid groups (broad SMARTS) is 1. The first kappa shape index (κ1) is 16.3. The molecule has 1 aromatic rings. The Kier molecular flexibility index (Phi) is 5.03. The van der Waals surface area contributed by atoms with Gasteiger partial charge in [0.25, 0.3) is 0 Å². The highest BCUT2D eigenvalue weighted by molar-refractivity contribution is 5.81.